The van der Waals surface area contributed by atoms with E-state index in [1.54, 1.807) is 0 Å². The molecule has 2 amide bonds. The van der Waals surface area contributed by atoms with E-state index in [1.807, 2.05) is 24.3 Å². The van der Waals surface area contributed by atoms with Gasteiger partial charge in [0.2, 0.25) is 0 Å². The summed E-state index contributed by atoms with van der Waals surface area (Å²) in [5, 5.41) is 11.5. The normalized spacial score (nSPS) is 15.1. The van der Waals surface area contributed by atoms with Crippen LogP contribution in [0.25, 0.3) is 0 Å². The Labute approximate surface area is 113 Å². The molecule has 2 N–H and O–H groups in total. The molecule has 1 aromatic rings. The van der Waals surface area contributed by atoms with Gasteiger partial charge in [-0.15, -0.1) is 0 Å². The minimum Gasteiger partial charge on any atom is -0.481 e. The van der Waals surface area contributed by atoms with Gasteiger partial charge in [0.15, 0.2) is 0 Å². The minimum atomic E-state index is -0.843. The number of hydrogen-bond donors (Lipinski definition) is 2. The van der Waals surface area contributed by atoms with Crippen molar-refractivity contribution in [3.63, 3.8) is 0 Å². The summed E-state index contributed by atoms with van der Waals surface area (Å²) in [7, 11) is 0. The van der Waals surface area contributed by atoms with Gasteiger partial charge in [-0.1, -0.05) is 34.1 Å². The number of carbonyl (C=O) groups is 2. The maximum absolute atomic E-state index is 11.7. The van der Waals surface area contributed by atoms with Crippen LogP contribution in [0.3, 0.4) is 0 Å². The quantitative estimate of drug-likeness (QED) is 0.892. The van der Waals surface area contributed by atoms with Gasteiger partial charge in [-0.2, -0.15) is 0 Å². The molecular weight excluding hydrogens is 300 g/mol. The molecule has 96 valence electrons. The van der Waals surface area contributed by atoms with Crippen molar-refractivity contribution >= 4 is 27.9 Å². The first-order valence-electron chi connectivity index (χ1n) is 5.57. The molecule has 0 bridgehead atoms. The summed E-state index contributed by atoms with van der Waals surface area (Å²) >= 11 is 3.40. The van der Waals surface area contributed by atoms with Gasteiger partial charge in [-0.3, -0.25) is 4.79 Å². The number of rotatable bonds is 3. The number of carboxylic acid groups (broad SMARTS) is 1. The standard InChI is InChI=1S/C12H13BrN2O3/c13-10-4-2-1-3-8(10)5-14-12(18)15-6-9(7-15)11(16)17/h1-4,9H,5-7H2,(H,14,18)(H,16,17). The zero-order chi connectivity index (χ0) is 13.1. The molecule has 0 saturated carbocycles. The Bertz CT molecular complexity index is 472. The van der Waals surface area contributed by atoms with Crippen LogP contribution in [0.2, 0.25) is 0 Å². The molecule has 0 aliphatic carbocycles. The molecule has 1 saturated heterocycles. The highest BCUT2D eigenvalue weighted by atomic mass is 79.9. The maximum Gasteiger partial charge on any atom is 0.317 e. The smallest absolute Gasteiger partial charge is 0.317 e. The van der Waals surface area contributed by atoms with E-state index >= 15 is 0 Å². The third-order valence-electron chi connectivity index (χ3n) is 2.91. The molecule has 0 atom stereocenters. The van der Waals surface area contributed by atoms with E-state index in [0.29, 0.717) is 6.54 Å². The Balaban J connectivity index is 1.80. The van der Waals surface area contributed by atoms with E-state index < -0.39 is 11.9 Å². The number of urea groups is 1. The van der Waals surface area contributed by atoms with Crippen LogP contribution in [0.4, 0.5) is 4.79 Å². The van der Waals surface area contributed by atoms with Crippen molar-refractivity contribution in [3.05, 3.63) is 34.3 Å². The van der Waals surface area contributed by atoms with Crippen molar-refractivity contribution in [1.82, 2.24) is 10.2 Å². The van der Waals surface area contributed by atoms with Crippen LogP contribution < -0.4 is 5.32 Å². The highest BCUT2D eigenvalue weighted by Crippen LogP contribution is 2.17. The molecule has 0 spiro atoms. The van der Waals surface area contributed by atoms with Gasteiger partial charge in [-0.25, -0.2) is 4.79 Å². The molecule has 0 unspecified atom stereocenters. The molecule has 1 heterocycles. The zero-order valence-electron chi connectivity index (χ0n) is 9.60. The van der Waals surface area contributed by atoms with Crippen molar-refractivity contribution in [1.29, 1.82) is 0 Å². The Morgan fingerprint density at radius 2 is 2.06 bits per heavy atom. The number of nitrogens with one attached hydrogen (secondary N) is 1. The fourth-order valence-corrected chi connectivity index (χ4v) is 2.15. The fraction of sp³-hybridized carbons (Fsp3) is 0.333. The van der Waals surface area contributed by atoms with E-state index in [9.17, 15) is 9.59 Å². The summed E-state index contributed by atoms with van der Waals surface area (Å²) in [6, 6.07) is 7.41. The Morgan fingerprint density at radius 3 is 2.67 bits per heavy atom. The SMILES string of the molecule is O=C(O)C1CN(C(=O)NCc2ccccc2Br)C1. The Hall–Kier alpha value is -1.56. The van der Waals surface area contributed by atoms with Gasteiger partial charge in [-0.05, 0) is 11.6 Å². The highest BCUT2D eigenvalue weighted by molar-refractivity contribution is 9.10. The van der Waals surface area contributed by atoms with Gasteiger partial charge < -0.3 is 15.3 Å². The van der Waals surface area contributed by atoms with Gasteiger partial charge in [0.05, 0.1) is 5.92 Å². The summed E-state index contributed by atoms with van der Waals surface area (Å²) in [6.07, 6.45) is 0. The second-order valence-corrected chi connectivity index (χ2v) is 5.04. The van der Waals surface area contributed by atoms with Crippen LogP contribution in [0, 0.1) is 5.92 Å². The largest absolute Gasteiger partial charge is 0.481 e. The monoisotopic (exact) mass is 312 g/mol. The summed E-state index contributed by atoms with van der Waals surface area (Å²) in [4.78, 5) is 23.8. The van der Waals surface area contributed by atoms with Crippen LogP contribution in [0.5, 0.6) is 0 Å². The third-order valence-corrected chi connectivity index (χ3v) is 3.68. The van der Waals surface area contributed by atoms with Crippen LogP contribution >= 0.6 is 15.9 Å². The second kappa shape index (κ2) is 5.39. The lowest BCUT2D eigenvalue weighted by molar-refractivity contribution is -0.146. The van der Waals surface area contributed by atoms with E-state index in [4.69, 9.17) is 5.11 Å². The number of likely N-dealkylation sites (tertiary alicyclic amines) is 1. The highest BCUT2D eigenvalue weighted by Gasteiger charge is 2.35. The molecule has 2 rings (SSSR count). The van der Waals surface area contributed by atoms with Crippen molar-refractivity contribution in [2.75, 3.05) is 13.1 Å². The van der Waals surface area contributed by atoms with Crippen molar-refractivity contribution in [2.45, 2.75) is 6.54 Å². The lowest BCUT2D eigenvalue weighted by Gasteiger charge is -2.36. The molecule has 0 radical (unpaired) electrons. The van der Waals surface area contributed by atoms with Gasteiger partial charge in [0.1, 0.15) is 0 Å². The van der Waals surface area contributed by atoms with Crippen LogP contribution in [0.1, 0.15) is 5.56 Å². The number of carboxylic acids is 1. The van der Waals surface area contributed by atoms with E-state index in [-0.39, 0.29) is 19.1 Å². The number of carbonyl (C=O) groups excluding carboxylic acids is 1. The second-order valence-electron chi connectivity index (χ2n) is 4.19. The lowest BCUT2D eigenvalue weighted by Crippen LogP contribution is -2.56. The molecule has 18 heavy (non-hydrogen) atoms. The zero-order valence-corrected chi connectivity index (χ0v) is 11.2. The van der Waals surface area contributed by atoms with E-state index in [2.05, 4.69) is 21.2 Å². The molecule has 1 aromatic carbocycles. The molecule has 0 aromatic heterocycles. The van der Waals surface area contributed by atoms with Crippen molar-refractivity contribution in [2.24, 2.45) is 5.92 Å². The van der Waals surface area contributed by atoms with Crippen molar-refractivity contribution in [3.8, 4) is 0 Å². The lowest BCUT2D eigenvalue weighted by atomic mass is 10.0. The Morgan fingerprint density at radius 1 is 1.39 bits per heavy atom. The number of aliphatic carboxylic acids is 1. The van der Waals surface area contributed by atoms with Crippen molar-refractivity contribution < 1.29 is 14.7 Å². The average Bonchev–Trinajstić information content (AvgIpc) is 2.25. The van der Waals surface area contributed by atoms with E-state index in [0.717, 1.165) is 10.0 Å². The summed E-state index contributed by atoms with van der Waals surface area (Å²) in [5.41, 5.74) is 0.987. The molecular formula is C12H13BrN2O3. The van der Waals surface area contributed by atoms with Gasteiger partial charge >= 0.3 is 12.0 Å². The first-order chi connectivity index (χ1) is 8.58. The fourth-order valence-electron chi connectivity index (χ4n) is 1.72. The molecule has 1 aliphatic rings. The first kappa shape index (κ1) is 12.9. The number of nitrogens with zero attached hydrogens (tertiary/aromatic N) is 1. The predicted octanol–water partition coefficient (Wildman–Crippen LogP) is 1.68. The number of hydrogen-bond acceptors (Lipinski definition) is 2. The minimum absolute atomic E-state index is 0.219. The third kappa shape index (κ3) is 2.81. The summed E-state index contributed by atoms with van der Waals surface area (Å²) < 4.78 is 0.942. The first-order valence-corrected chi connectivity index (χ1v) is 6.36. The molecule has 6 heteroatoms. The molecule has 5 nitrogen and oxygen atoms in total. The maximum atomic E-state index is 11.7. The molecule has 1 fully saturated rings. The number of benzene rings is 1. The van der Waals surface area contributed by atoms with Crippen LogP contribution in [-0.2, 0) is 11.3 Å². The Kier molecular flexibility index (Phi) is 3.86. The van der Waals surface area contributed by atoms with Gasteiger partial charge in [0, 0.05) is 24.1 Å². The summed E-state index contributed by atoms with van der Waals surface area (Å²) in [5.74, 6) is -1.26. The predicted molar refractivity (Wildman–Crippen MR) is 69.1 cm³/mol. The van der Waals surface area contributed by atoms with E-state index in [1.165, 1.54) is 4.90 Å². The topological polar surface area (TPSA) is 69.6 Å². The average molecular weight is 313 g/mol. The summed E-state index contributed by atoms with van der Waals surface area (Å²) in [6.45, 7) is 1.00. The van der Waals surface area contributed by atoms with Crippen LogP contribution in [0.15, 0.2) is 28.7 Å². The van der Waals surface area contributed by atoms with Crippen LogP contribution in [-0.4, -0.2) is 35.1 Å². The number of amides is 2. The van der Waals surface area contributed by atoms with Gasteiger partial charge in [0.25, 0.3) is 0 Å². The number of halogens is 1. The molecule has 1 aliphatic heterocycles.